The number of esters is 2. The summed E-state index contributed by atoms with van der Waals surface area (Å²) in [6, 6.07) is 12.5. The molecule has 2 aliphatic rings. The largest absolute Gasteiger partial charge is 0.412 e. The molecule has 2 aliphatic heterocycles. The molecule has 298 valence electrons. The van der Waals surface area contributed by atoms with Crippen molar-refractivity contribution in [3.05, 3.63) is 71.6 Å². The molecule has 2 aromatic carbocycles. The van der Waals surface area contributed by atoms with E-state index >= 15 is 0 Å². The summed E-state index contributed by atoms with van der Waals surface area (Å²) in [5.41, 5.74) is 18.7. The first-order valence-electron chi connectivity index (χ1n) is 19.5. The van der Waals surface area contributed by atoms with E-state index in [0.29, 0.717) is 0 Å². The second kappa shape index (κ2) is 17.2. The van der Waals surface area contributed by atoms with Gasteiger partial charge in [-0.1, -0.05) is 64.1 Å². The average molecular weight is 767 g/mol. The zero-order valence-electron chi connectivity index (χ0n) is 33.1. The number of aromatic nitrogens is 4. The van der Waals surface area contributed by atoms with Gasteiger partial charge in [0, 0.05) is 17.6 Å². The molecule has 4 heterocycles. The standard InChI is InChI=1S/C42H54N8O6/c1-23(2)35(19-37(51)55-41(43)53)49-17-7-9-33(49)39-45-21-31(47-39)28-13-11-27(12-14-28)29-15-16-30(26(6)25(29)5)32-22-46-40(48-32)34-10-8-18-50(34)36(24(3)4)20-38(52)56-42(44)54/h11-16,21-24,33-36H,7-10,17-20H2,1-6H3,(H2,43,53)(H2,44,54)(H,45,47)(H,46,48)/t33-,34-,35+,36+/m0/s1. The molecular formula is C42H54N8O6. The van der Waals surface area contributed by atoms with E-state index in [1.54, 1.807) is 0 Å². The lowest BCUT2D eigenvalue weighted by Gasteiger charge is -2.34. The second-order valence-corrected chi connectivity index (χ2v) is 15.8. The molecule has 56 heavy (non-hydrogen) atoms. The highest BCUT2D eigenvalue weighted by atomic mass is 16.6. The Labute approximate surface area is 327 Å². The van der Waals surface area contributed by atoms with Gasteiger partial charge < -0.3 is 30.9 Å². The fourth-order valence-corrected chi connectivity index (χ4v) is 8.63. The van der Waals surface area contributed by atoms with Crippen LogP contribution in [0.3, 0.4) is 0 Å². The van der Waals surface area contributed by atoms with Gasteiger partial charge in [0.05, 0.1) is 48.7 Å². The number of aromatic amines is 2. The van der Waals surface area contributed by atoms with Crippen LogP contribution in [0.25, 0.3) is 33.6 Å². The lowest BCUT2D eigenvalue weighted by Crippen LogP contribution is -2.41. The maximum absolute atomic E-state index is 12.4. The first kappa shape index (κ1) is 40.3. The lowest BCUT2D eigenvalue weighted by atomic mass is 9.92. The number of imidazole rings is 2. The van der Waals surface area contributed by atoms with Gasteiger partial charge in [-0.15, -0.1) is 0 Å². The summed E-state index contributed by atoms with van der Waals surface area (Å²) in [7, 11) is 0. The van der Waals surface area contributed by atoms with Crippen molar-refractivity contribution < 1.29 is 28.7 Å². The average Bonchev–Trinajstić information content (AvgIpc) is 3.97. The highest BCUT2D eigenvalue weighted by Gasteiger charge is 2.38. The minimum absolute atomic E-state index is 0.0111. The number of hydrogen-bond donors (Lipinski definition) is 4. The van der Waals surface area contributed by atoms with Gasteiger partial charge in [0.2, 0.25) is 0 Å². The molecule has 4 atom stereocenters. The molecule has 14 heteroatoms. The van der Waals surface area contributed by atoms with Crippen LogP contribution in [0.15, 0.2) is 48.8 Å². The number of primary amides is 2. The Balaban J connectivity index is 1.15. The van der Waals surface area contributed by atoms with Crippen LogP contribution in [0.5, 0.6) is 0 Å². The van der Waals surface area contributed by atoms with E-state index in [-0.39, 0.29) is 48.8 Å². The highest BCUT2D eigenvalue weighted by molar-refractivity contribution is 5.84. The predicted molar refractivity (Wildman–Crippen MR) is 212 cm³/mol. The van der Waals surface area contributed by atoms with Crippen molar-refractivity contribution in [3.8, 4) is 33.6 Å². The number of hydrogen-bond acceptors (Lipinski definition) is 10. The number of nitrogens with zero attached hydrogens (tertiary/aromatic N) is 4. The summed E-state index contributed by atoms with van der Waals surface area (Å²) in [6.45, 7) is 14.2. The van der Waals surface area contributed by atoms with Gasteiger partial charge in [-0.2, -0.15) is 0 Å². The van der Waals surface area contributed by atoms with Crippen LogP contribution in [0.4, 0.5) is 9.59 Å². The Hall–Kier alpha value is -5.34. The van der Waals surface area contributed by atoms with Crippen molar-refractivity contribution in [3.63, 3.8) is 0 Å². The maximum Gasteiger partial charge on any atom is 0.412 e. The fourth-order valence-electron chi connectivity index (χ4n) is 8.63. The summed E-state index contributed by atoms with van der Waals surface area (Å²) in [4.78, 5) is 68.4. The van der Waals surface area contributed by atoms with E-state index in [1.165, 1.54) is 5.56 Å². The fraction of sp³-hybridized carbons (Fsp3) is 0.476. The van der Waals surface area contributed by atoms with Crippen LogP contribution < -0.4 is 11.5 Å². The molecule has 0 radical (unpaired) electrons. The molecule has 14 nitrogen and oxygen atoms in total. The van der Waals surface area contributed by atoms with Crippen LogP contribution in [0.1, 0.15) is 101 Å². The topological polar surface area (TPSA) is 203 Å². The molecule has 0 unspecified atom stereocenters. The highest BCUT2D eigenvalue weighted by Crippen LogP contribution is 2.39. The van der Waals surface area contributed by atoms with Gasteiger partial charge in [-0.3, -0.25) is 19.4 Å². The van der Waals surface area contributed by atoms with Crippen LogP contribution in [-0.4, -0.2) is 79.0 Å². The molecule has 2 aromatic heterocycles. The summed E-state index contributed by atoms with van der Waals surface area (Å²) in [5, 5.41) is 0. The smallest absolute Gasteiger partial charge is 0.376 e. The number of ether oxygens (including phenoxy) is 2. The Kier molecular flexibility index (Phi) is 12.4. The van der Waals surface area contributed by atoms with Crippen LogP contribution >= 0.6 is 0 Å². The van der Waals surface area contributed by atoms with Gasteiger partial charge in [-0.05, 0) is 92.3 Å². The van der Waals surface area contributed by atoms with E-state index in [9.17, 15) is 19.2 Å². The Morgan fingerprint density at radius 3 is 1.59 bits per heavy atom. The number of rotatable bonds is 13. The second-order valence-electron chi connectivity index (χ2n) is 15.8. The Bertz CT molecular complexity index is 2050. The molecule has 2 saturated heterocycles. The third-order valence-corrected chi connectivity index (χ3v) is 11.6. The minimum Gasteiger partial charge on any atom is -0.376 e. The number of likely N-dealkylation sites (tertiary alicyclic amines) is 2. The van der Waals surface area contributed by atoms with Crippen LogP contribution in [-0.2, 0) is 19.1 Å². The first-order valence-corrected chi connectivity index (χ1v) is 19.5. The number of benzene rings is 2. The van der Waals surface area contributed by atoms with Gasteiger partial charge in [-0.25, -0.2) is 19.6 Å². The first-order chi connectivity index (χ1) is 26.7. The number of amides is 2. The van der Waals surface area contributed by atoms with Crippen molar-refractivity contribution in [1.29, 1.82) is 0 Å². The lowest BCUT2D eigenvalue weighted by molar-refractivity contribution is -0.140. The zero-order valence-corrected chi connectivity index (χ0v) is 33.1. The van der Waals surface area contributed by atoms with Crippen molar-refractivity contribution >= 4 is 24.1 Å². The van der Waals surface area contributed by atoms with E-state index in [0.717, 1.165) is 89.6 Å². The molecule has 4 aromatic rings. The van der Waals surface area contributed by atoms with Crippen molar-refractivity contribution in [2.24, 2.45) is 23.3 Å². The molecule has 0 bridgehead atoms. The number of carbonyl (C=O) groups is 4. The number of nitrogens with one attached hydrogen (secondary N) is 2. The minimum atomic E-state index is -1.08. The number of nitrogens with two attached hydrogens (primary N) is 2. The third-order valence-electron chi connectivity index (χ3n) is 11.6. The molecular weight excluding hydrogens is 713 g/mol. The van der Waals surface area contributed by atoms with Gasteiger partial charge in [0.1, 0.15) is 11.6 Å². The monoisotopic (exact) mass is 766 g/mol. The van der Waals surface area contributed by atoms with E-state index in [4.69, 9.17) is 21.4 Å². The van der Waals surface area contributed by atoms with E-state index in [2.05, 4.69) is 107 Å². The van der Waals surface area contributed by atoms with Gasteiger partial charge >= 0.3 is 24.1 Å². The van der Waals surface area contributed by atoms with Gasteiger partial charge in [0.25, 0.3) is 0 Å². The summed E-state index contributed by atoms with van der Waals surface area (Å²) in [5.74, 6) is 0.775. The molecule has 0 saturated carbocycles. The van der Waals surface area contributed by atoms with E-state index in [1.807, 2.05) is 12.4 Å². The zero-order chi connectivity index (χ0) is 40.3. The summed E-state index contributed by atoms with van der Waals surface area (Å²) >= 11 is 0. The molecule has 0 spiro atoms. The van der Waals surface area contributed by atoms with Crippen molar-refractivity contribution in [2.75, 3.05) is 13.1 Å². The molecule has 6 rings (SSSR count). The maximum atomic E-state index is 12.4. The quantitative estimate of drug-likeness (QED) is 0.0803. The predicted octanol–water partition coefficient (Wildman–Crippen LogP) is 7.10. The van der Waals surface area contributed by atoms with Gasteiger partial charge in [0.15, 0.2) is 0 Å². The summed E-state index contributed by atoms with van der Waals surface area (Å²) in [6.07, 6.45) is 5.50. The third kappa shape index (κ3) is 8.87. The van der Waals surface area contributed by atoms with E-state index < -0.39 is 24.1 Å². The van der Waals surface area contributed by atoms with Crippen LogP contribution in [0.2, 0.25) is 0 Å². The molecule has 2 amide bonds. The van der Waals surface area contributed by atoms with Crippen molar-refractivity contribution in [1.82, 2.24) is 29.7 Å². The normalized spacial score (nSPS) is 18.7. The van der Waals surface area contributed by atoms with Crippen LogP contribution in [0, 0.1) is 25.7 Å². The molecule has 6 N–H and O–H groups in total. The van der Waals surface area contributed by atoms with Crippen molar-refractivity contribution in [2.45, 2.75) is 104 Å². The molecule has 0 aliphatic carbocycles. The summed E-state index contributed by atoms with van der Waals surface area (Å²) < 4.78 is 9.31. The SMILES string of the molecule is Cc1c(-c2ccc(-c3cnc([C@@H]4CCCN4[C@H](CC(=O)OC(N)=O)C(C)C)[nH]3)cc2)ccc(-c2cnc([C@@H]3CCCN3[C@H](CC(=O)OC(N)=O)C(C)C)[nH]2)c1C. The molecule has 2 fully saturated rings. The number of H-pyrrole nitrogens is 2. The Morgan fingerprint density at radius 1 is 0.679 bits per heavy atom. The number of carbonyl (C=O) groups excluding carboxylic acids is 4. The Morgan fingerprint density at radius 2 is 1.11 bits per heavy atom.